The molecule has 28 heavy (non-hydrogen) atoms. The Morgan fingerprint density at radius 3 is 2.82 bits per heavy atom. The lowest BCUT2D eigenvalue weighted by atomic mass is 10.2. The lowest BCUT2D eigenvalue weighted by Gasteiger charge is -2.24. The summed E-state index contributed by atoms with van der Waals surface area (Å²) < 4.78 is 39.6. The van der Waals surface area contributed by atoms with Gasteiger partial charge >= 0.3 is 5.97 Å². The number of sulfone groups is 1. The number of anilines is 1. The molecule has 0 bridgehead atoms. The van der Waals surface area contributed by atoms with Gasteiger partial charge in [-0.15, -0.1) is 0 Å². The number of amides is 1. The number of carbonyl (C=O) groups is 2. The maximum absolute atomic E-state index is 12.1. The van der Waals surface area contributed by atoms with E-state index in [0.29, 0.717) is 22.4 Å². The molecule has 1 aromatic carbocycles. The Hall–Kier alpha value is -2.31. The van der Waals surface area contributed by atoms with E-state index in [1.54, 1.807) is 23.1 Å². The van der Waals surface area contributed by atoms with Crippen LogP contribution in [0.1, 0.15) is 0 Å². The molecule has 2 saturated heterocycles. The standard InChI is InChI=1S/C16H16N2O8S2/c19-14(4-24-5-15(20)21)17-16-18(10-6-28(22,23)7-13(10)27-16)9-1-2-11-12(3-9)26-8-25-11/h1-3,10,13H,4-8H2,(H,20,21)/t10-,13-/m1/s1. The molecular formula is C16H16N2O8S2. The predicted molar refractivity (Wildman–Crippen MR) is 99.8 cm³/mol. The van der Waals surface area contributed by atoms with E-state index in [9.17, 15) is 18.0 Å². The van der Waals surface area contributed by atoms with Crippen LogP contribution in [0.25, 0.3) is 0 Å². The maximum Gasteiger partial charge on any atom is 0.329 e. The predicted octanol–water partition coefficient (Wildman–Crippen LogP) is 0.118. The number of carbonyl (C=O) groups excluding carboxylic acids is 1. The molecule has 0 aliphatic carbocycles. The molecule has 12 heteroatoms. The third kappa shape index (κ3) is 3.80. The van der Waals surface area contributed by atoms with Crippen molar-refractivity contribution in [1.29, 1.82) is 0 Å². The molecule has 2 fully saturated rings. The fourth-order valence-corrected chi connectivity index (χ4v) is 7.20. The van der Waals surface area contributed by atoms with Gasteiger partial charge in [-0.25, -0.2) is 13.2 Å². The first-order chi connectivity index (χ1) is 13.3. The fraction of sp³-hybridized carbons (Fsp3) is 0.438. The number of nitrogens with zero attached hydrogens (tertiary/aromatic N) is 2. The lowest BCUT2D eigenvalue weighted by Crippen LogP contribution is -2.37. The van der Waals surface area contributed by atoms with Gasteiger partial charge in [0.25, 0.3) is 5.91 Å². The number of aliphatic carboxylic acids is 1. The van der Waals surface area contributed by atoms with Crippen LogP contribution in [0.3, 0.4) is 0 Å². The second-order valence-corrected chi connectivity index (χ2v) is 9.74. The van der Waals surface area contributed by atoms with Crippen LogP contribution in [0.2, 0.25) is 0 Å². The first-order valence-corrected chi connectivity index (χ1v) is 11.0. The smallest absolute Gasteiger partial charge is 0.329 e. The molecule has 1 N–H and O–H groups in total. The van der Waals surface area contributed by atoms with E-state index in [1.807, 2.05) is 0 Å². The van der Waals surface area contributed by atoms with Gasteiger partial charge in [0.15, 0.2) is 26.5 Å². The van der Waals surface area contributed by atoms with E-state index in [4.69, 9.17) is 19.3 Å². The number of hydrogen-bond donors (Lipinski definition) is 1. The molecular weight excluding hydrogens is 412 g/mol. The topological polar surface area (TPSA) is 132 Å². The highest BCUT2D eigenvalue weighted by Gasteiger charge is 2.49. The average Bonchev–Trinajstić information content (AvgIpc) is 3.25. The molecule has 3 heterocycles. The SMILES string of the molecule is O=C(O)COCC(=O)N=C1S[C@@H]2CS(=O)(=O)C[C@H]2N1c1ccc2c(c1)OCO2. The Bertz CT molecular complexity index is 961. The number of carboxylic acid groups (broad SMARTS) is 1. The van der Waals surface area contributed by atoms with Gasteiger partial charge in [0.2, 0.25) is 6.79 Å². The van der Waals surface area contributed by atoms with Crippen molar-refractivity contribution in [3.63, 3.8) is 0 Å². The molecule has 0 spiro atoms. The van der Waals surface area contributed by atoms with E-state index in [-0.39, 0.29) is 29.6 Å². The number of thioether (sulfide) groups is 1. The van der Waals surface area contributed by atoms with Gasteiger partial charge in [0, 0.05) is 17.0 Å². The van der Waals surface area contributed by atoms with Crippen molar-refractivity contribution in [2.24, 2.45) is 4.99 Å². The molecule has 150 valence electrons. The summed E-state index contributed by atoms with van der Waals surface area (Å²) in [5.74, 6) is -0.742. The van der Waals surface area contributed by atoms with Crippen LogP contribution in [-0.4, -0.2) is 73.4 Å². The van der Waals surface area contributed by atoms with Crippen molar-refractivity contribution in [2.45, 2.75) is 11.3 Å². The van der Waals surface area contributed by atoms with Crippen molar-refractivity contribution in [2.75, 3.05) is 36.4 Å². The van der Waals surface area contributed by atoms with Crippen molar-refractivity contribution in [3.8, 4) is 11.5 Å². The lowest BCUT2D eigenvalue weighted by molar-refractivity contribution is -0.143. The molecule has 3 aliphatic heterocycles. The molecule has 1 amide bonds. The quantitative estimate of drug-likeness (QED) is 0.689. The van der Waals surface area contributed by atoms with Crippen molar-refractivity contribution in [1.82, 2.24) is 0 Å². The van der Waals surface area contributed by atoms with Gasteiger partial charge in [-0.3, -0.25) is 4.79 Å². The van der Waals surface area contributed by atoms with Gasteiger partial charge in [0.1, 0.15) is 13.2 Å². The fourth-order valence-electron chi connectivity index (χ4n) is 3.27. The zero-order valence-electron chi connectivity index (χ0n) is 14.4. The minimum absolute atomic E-state index is 0.00606. The van der Waals surface area contributed by atoms with Gasteiger partial charge in [-0.05, 0) is 12.1 Å². The zero-order chi connectivity index (χ0) is 19.9. The monoisotopic (exact) mass is 428 g/mol. The van der Waals surface area contributed by atoms with Gasteiger partial charge < -0.3 is 24.2 Å². The summed E-state index contributed by atoms with van der Waals surface area (Å²) in [7, 11) is -3.18. The highest BCUT2D eigenvalue weighted by atomic mass is 32.2. The second kappa shape index (κ2) is 7.26. The second-order valence-electron chi connectivity index (χ2n) is 6.38. The number of ether oxygens (including phenoxy) is 3. The van der Waals surface area contributed by atoms with E-state index in [0.717, 1.165) is 0 Å². The van der Waals surface area contributed by atoms with Crippen molar-refractivity contribution < 1.29 is 37.3 Å². The zero-order valence-corrected chi connectivity index (χ0v) is 16.1. The van der Waals surface area contributed by atoms with Gasteiger partial charge in [0.05, 0.1) is 17.5 Å². The molecule has 3 aliphatic rings. The minimum Gasteiger partial charge on any atom is -0.480 e. The van der Waals surface area contributed by atoms with Crippen LogP contribution in [0.4, 0.5) is 5.69 Å². The molecule has 0 radical (unpaired) electrons. The van der Waals surface area contributed by atoms with Crippen LogP contribution in [0.5, 0.6) is 11.5 Å². The minimum atomic E-state index is -3.18. The van der Waals surface area contributed by atoms with Gasteiger partial charge in [-0.2, -0.15) is 4.99 Å². The van der Waals surface area contributed by atoms with Crippen LogP contribution in [0.15, 0.2) is 23.2 Å². The molecule has 0 saturated carbocycles. The van der Waals surface area contributed by atoms with E-state index in [1.165, 1.54) is 11.8 Å². The van der Waals surface area contributed by atoms with E-state index in [2.05, 4.69) is 4.99 Å². The largest absolute Gasteiger partial charge is 0.480 e. The summed E-state index contributed by atoms with van der Waals surface area (Å²) >= 11 is 1.22. The number of hydrogen-bond acceptors (Lipinski definition) is 8. The number of amidine groups is 1. The third-order valence-corrected chi connectivity index (χ3v) is 7.58. The van der Waals surface area contributed by atoms with Crippen molar-refractivity contribution in [3.05, 3.63) is 18.2 Å². The number of rotatable bonds is 5. The number of benzene rings is 1. The number of carboxylic acids is 1. The molecule has 1 aromatic rings. The molecule has 4 rings (SSSR count). The molecule has 0 unspecified atom stereocenters. The summed E-state index contributed by atoms with van der Waals surface area (Å²) in [5, 5.41) is 8.68. The van der Waals surface area contributed by atoms with Gasteiger partial charge in [-0.1, -0.05) is 11.8 Å². The maximum atomic E-state index is 12.1. The first kappa shape index (κ1) is 19.0. The molecule has 10 nitrogen and oxygen atoms in total. The third-order valence-electron chi connectivity index (χ3n) is 4.37. The Morgan fingerprint density at radius 1 is 1.25 bits per heavy atom. The Kier molecular flexibility index (Phi) is 4.93. The molecule has 2 atom stereocenters. The Balaban J connectivity index is 1.61. The summed E-state index contributed by atoms with van der Waals surface area (Å²) in [6.45, 7) is -0.966. The Labute approximate surface area is 164 Å². The van der Waals surface area contributed by atoms with E-state index < -0.39 is 34.9 Å². The van der Waals surface area contributed by atoms with Crippen LogP contribution >= 0.6 is 11.8 Å². The summed E-state index contributed by atoms with van der Waals surface area (Å²) in [4.78, 5) is 28.3. The summed E-state index contributed by atoms with van der Waals surface area (Å²) in [6.07, 6.45) is 0. The van der Waals surface area contributed by atoms with Crippen molar-refractivity contribution >= 4 is 44.3 Å². The van der Waals surface area contributed by atoms with Crippen LogP contribution < -0.4 is 14.4 Å². The average molecular weight is 428 g/mol. The first-order valence-electron chi connectivity index (χ1n) is 8.29. The summed E-state index contributed by atoms with van der Waals surface area (Å²) in [5.41, 5.74) is 0.638. The number of aliphatic imine (C=N–C) groups is 1. The summed E-state index contributed by atoms with van der Waals surface area (Å²) in [6, 6.07) is 4.83. The highest BCUT2D eigenvalue weighted by molar-refractivity contribution is 8.16. The normalized spacial score (nSPS) is 25.9. The number of fused-ring (bicyclic) bond motifs is 2. The Morgan fingerprint density at radius 2 is 2.04 bits per heavy atom. The molecule has 0 aromatic heterocycles. The van der Waals surface area contributed by atoms with Crippen LogP contribution in [-0.2, 0) is 24.2 Å². The van der Waals surface area contributed by atoms with E-state index >= 15 is 0 Å². The highest BCUT2D eigenvalue weighted by Crippen LogP contribution is 2.43. The van der Waals surface area contributed by atoms with Crippen LogP contribution in [0, 0.1) is 0 Å².